The lowest BCUT2D eigenvalue weighted by molar-refractivity contribution is -0.138. The summed E-state index contributed by atoms with van der Waals surface area (Å²) in [4.78, 5) is 30.4. The van der Waals surface area contributed by atoms with Crippen LogP contribution in [0.2, 0.25) is 0 Å². The molecule has 0 spiro atoms. The van der Waals surface area contributed by atoms with Crippen molar-refractivity contribution in [1.82, 2.24) is 10.3 Å². The zero-order valence-corrected chi connectivity index (χ0v) is 49.2. The first-order valence-corrected chi connectivity index (χ1v) is 30.0. The number of nitrogens with zero attached hydrogens (tertiary/aromatic N) is 4. The van der Waals surface area contributed by atoms with Gasteiger partial charge in [-0.1, -0.05) is 95.2 Å². The number of amides is 2. The van der Waals surface area contributed by atoms with E-state index in [1.165, 1.54) is 45.0 Å². The van der Waals surface area contributed by atoms with Crippen molar-refractivity contribution in [3.05, 3.63) is 183 Å². The molecule has 2 aliphatic rings. The molecular weight excluding hydrogens is 1190 g/mol. The molecule has 0 unspecified atom stereocenters. The highest BCUT2D eigenvalue weighted by molar-refractivity contribution is 7.93. The first-order chi connectivity index (χ1) is 41.0. The molecule has 0 saturated heterocycles. The second-order valence-electron chi connectivity index (χ2n) is 21.0. The van der Waals surface area contributed by atoms with Gasteiger partial charge in [0, 0.05) is 48.0 Å². The summed E-state index contributed by atoms with van der Waals surface area (Å²) in [6, 6.07) is 26.9. The number of sulfonamides is 2. The lowest BCUT2D eigenvalue weighted by atomic mass is 9.96. The predicted octanol–water partition coefficient (Wildman–Crippen LogP) is 12.2. The van der Waals surface area contributed by atoms with Gasteiger partial charge in [0.25, 0.3) is 31.9 Å². The molecule has 10 rings (SSSR count). The van der Waals surface area contributed by atoms with E-state index in [4.69, 9.17) is 23.3 Å². The first kappa shape index (κ1) is 61.5. The van der Waals surface area contributed by atoms with Gasteiger partial charge in [-0.25, -0.2) is 16.8 Å². The molecule has 2 amide bonds. The number of benzene rings is 6. The van der Waals surface area contributed by atoms with Gasteiger partial charge in [0.1, 0.15) is 5.76 Å². The fourth-order valence-electron chi connectivity index (χ4n) is 10.6. The van der Waals surface area contributed by atoms with E-state index in [2.05, 4.69) is 19.8 Å². The summed E-state index contributed by atoms with van der Waals surface area (Å²) >= 11 is 0. The van der Waals surface area contributed by atoms with Gasteiger partial charge in [-0.2, -0.15) is 26.3 Å². The van der Waals surface area contributed by atoms with Gasteiger partial charge in [-0.05, 0) is 111 Å². The van der Waals surface area contributed by atoms with Crippen LogP contribution in [-0.2, 0) is 89.0 Å². The Balaban J connectivity index is 0.957. The van der Waals surface area contributed by atoms with Crippen LogP contribution in [-0.4, -0.2) is 57.3 Å². The minimum Gasteiger partial charge on any atom is -0.465 e. The minimum absolute atomic E-state index is 0.00149. The molecule has 0 radical (unpaired) electrons. The first-order valence-electron chi connectivity index (χ1n) is 27.0. The van der Waals surface area contributed by atoms with Crippen molar-refractivity contribution >= 4 is 54.9 Å². The molecule has 3 N–H and O–H groups in total. The smallest absolute Gasteiger partial charge is 0.416 e. The van der Waals surface area contributed by atoms with E-state index in [-0.39, 0.29) is 100 Å². The Bertz CT molecular complexity index is 4260. The molecule has 0 saturated carbocycles. The fraction of sp³-hybridized carbons (Fsp3) is 0.279. The second-order valence-corrected chi connectivity index (χ2v) is 24.3. The molecule has 26 heteroatoms. The van der Waals surface area contributed by atoms with Crippen LogP contribution in [0.1, 0.15) is 89.3 Å². The summed E-state index contributed by atoms with van der Waals surface area (Å²) in [5, 5.41) is 18.9. The number of alkyl halides is 6. The van der Waals surface area contributed by atoms with E-state index >= 15 is 4.79 Å². The number of hydrogen-bond acceptors (Lipinski definition) is 14. The summed E-state index contributed by atoms with van der Waals surface area (Å²) in [6.45, 7) is 10.3. The van der Waals surface area contributed by atoms with Gasteiger partial charge >= 0.3 is 12.4 Å². The second kappa shape index (κ2) is 22.9. The molecule has 0 fully saturated rings. The number of rotatable bonds is 20. The van der Waals surface area contributed by atoms with Crippen molar-refractivity contribution in [2.24, 2.45) is 0 Å². The van der Waals surface area contributed by atoms with Gasteiger partial charge in [0.15, 0.2) is 17.2 Å². The van der Waals surface area contributed by atoms with Gasteiger partial charge in [0.05, 0.1) is 58.6 Å². The Labute approximate surface area is 495 Å². The summed E-state index contributed by atoms with van der Waals surface area (Å²) in [5.74, 6) is -2.37. The Morgan fingerprint density at radius 1 is 0.575 bits per heavy atom. The Morgan fingerprint density at radius 3 is 1.51 bits per heavy atom. The largest absolute Gasteiger partial charge is 0.465 e. The number of fused-ring (bicyclic) bond motifs is 2. The third kappa shape index (κ3) is 11.7. The molecule has 2 aliphatic heterocycles. The maximum Gasteiger partial charge on any atom is 0.416 e. The van der Waals surface area contributed by atoms with E-state index in [0.717, 1.165) is 46.2 Å². The Kier molecular flexibility index (Phi) is 16.2. The molecule has 2 atom stereocenters. The quantitative estimate of drug-likeness (QED) is 0.0603. The number of anilines is 4. The van der Waals surface area contributed by atoms with Crippen LogP contribution in [0.3, 0.4) is 0 Å². The van der Waals surface area contributed by atoms with Crippen molar-refractivity contribution < 1.29 is 81.1 Å². The van der Waals surface area contributed by atoms with E-state index in [0.29, 0.717) is 44.7 Å². The molecule has 18 nitrogen and oxygen atoms in total. The SMILES string of the molecule is CCOCc1cc(CN2C(=O)[C@](C)(Oc3c(NS(=O)(=O)c4ccccc4-c4ccc(CN5C(=O)[C@@](C)(O)c6ccc(C(F)(F)F)cc65)cc4COCC)noc3C)c3ccc(C(F)(F)F)cc32)ccc1-c1ccccc1S(=O)(=O)Nc1noc(C)c1C. The van der Waals surface area contributed by atoms with Crippen molar-refractivity contribution in [2.75, 3.05) is 32.5 Å². The maximum absolute atomic E-state index is 15.1. The van der Waals surface area contributed by atoms with Crippen LogP contribution in [0.5, 0.6) is 5.75 Å². The van der Waals surface area contributed by atoms with Crippen LogP contribution < -0.4 is 24.0 Å². The van der Waals surface area contributed by atoms with Crippen LogP contribution in [0.4, 0.5) is 49.4 Å². The number of nitrogens with one attached hydrogen (secondary N) is 2. The van der Waals surface area contributed by atoms with Crippen LogP contribution in [0.25, 0.3) is 22.3 Å². The third-order valence-electron chi connectivity index (χ3n) is 15.2. The lowest BCUT2D eigenvalue weighted by Crippen LogP contribution is -2.42. The predicted molar refractivity (Wildman–Crippen MR) is 306 cm³/mol. The molecule has 87 heavy (non-hydrogen) atoms. The zero-order valence-electron chi connectivity index (χ0n) is 47.6. The van der Waals surface area contributed by atoms with Crippen LogP contribution >= 0.6 is 0 Å². The third-order valence-corrected chi connectivity index (χ3v) is 18.0. The lowest BCUT2D eigenvalue weighted by Gasteiger charge is -2.26. The zero-order chi connectivity index (χ0) is 62.8. The molecule has 8 aromatic rings. The molecule has 2 aromatic heterocycles. The molecule has 0 bridgehead atoms. The number of halogens is 6. The van der Waals surface area contributed by atoms with Gasteiger partial charge in [-0.15, -0.1) is 0 Å². The average Bonchev–Trinajstić information content (AvgIpc) is 1.63. The van der Waals surface area contributed by atoms with Crippen molar-refractivity contribution in [1.29, 1.82) is 0 Å². The number of aryl methyl sites for hydroxylation is 2. The van der Waals surface area contributed by atoms with Gasteiger partial charge < -0.3 is 38.2 Å². The molecular formula is C61H56F6N6O12S2. The number of carbonyl (C=O) groups excluding carboxylic acids is 2. The highest BCUT2D eigenvalue weighted by Crippen LogP contribution is 2.49. The maximum atomic E-state index is 15.1. The molecule has 4 heterocycles. The summed E-state index contributed by atoms with van der Waals surface area (Å²) in [7, 11) is -9.03. The summed E-state index contributed by atoms with van der Waals surface area (Å²) in [6.07, 6.45) is -9.61. The number of ether oxygens (including phenoxy) is 3. The monoisotopic (exact) mass is 1240 g/mol. The van der Waals surface area contributed by atoms with Crippen molar-refractivity contribution in [2.45, 2.75) is 108 Å². The average molecular weight is 1240 g/mol. The molecule has 0 aliphatic carbocycles. The Morgan fingerprint density at radius 2 is 1.02 bits per heavy atom. The van der Waals surface area contributed by atoms with Crippen molar-refractivity contribution in [3.8, 4) is 28.0 Å². The van der Waals surface area contributed by atoms with E-state index < -0.39 is 72.4 Å². The number of hydrogen-bond donors (Lipinski definition) is 3. The fourth-order valence-corrected chi connectivity index (χ4v) is 13.1. The van der Waals surface area contributed by atoms with Gasteiger partial charge in [-0.3, -0.25) is 19.0 Å². The van der Waals surface area contributed by atoms with Gasteiger partial charge in [0.2, 0.25) is 17.2 Å². The van der Waals surface area contributed by atoms with E-state index in [1.54, 1.807) is 88.4 Å². The molecule has 6 aromatic carbocycles. The topological polar surface area (TPSA) is 233 Å². The van der Waals surface area contributed by atoms with Crippen LogP contribution in [0, 0.1) is 20.8 Å². The van der Waals surface area contributed by atoms with E-state index in [9.17, 15) is 53.1 Å². The normalized spacial score (nSPS) is 17.0. The summed E-state index contributed by atoms with van der Waals surface area (Å²) in [5.41, 5.74) is -3.48. The molecule has 456 valence electrons. The van der Waals surface area contributed by atoms with E-state index in [1.807, 2.05) is 0 Å². The Hall–Kier alpha value is -8.56. The summed E-state index contributed by atoms with van der Waals surface area (Å²) < 4.78 is 176. The number of aromatic nitrogens is 2. The van der Waals surface area contributed by atoms with Crippen molar-refractivity contribution in [3.63, 3.8) is 0 Å². The number of aliphatic hydroxyl groups is 1. The highest BCUT2D eigenvalue weighted by Gasteiger charge is 2.52. The highest BCUT2D eigenvalue weighted by atomic mass is 32.2. The standard InChI is InChI=1S/C61H56F6N6O12S2/c1-8-81-32-39-26-37(30-72-49-28-41(60(62,63)64)20-24-47(49)58(6,76)56(72)74)18-22-44(39)46-15-11-13-17-52(46)87(79,80)71-55-53(36(5)85-69-55)83-59(7)48-25-21-42(61(65,66)67)29-50(48)73(57(59)75)31-38-19-23-43(40(27-38)33-82-9-2)45-14-10-12-16-51(45)86(77,78)70-54-34(3)35(4)84-68-54/h10-29,76H,8-9,30-33H2,1-7H3,(H,68,70)(H,69,71)/t58-,59+/m0/s1. The number of carbonyl (C=O) groups is 2. The minimum atomic E-state index is -4.86. The van der Waals surface area contributed by atoms with Crippen LogP contribution in [0.15, 0.2) is 140 Å².